The zero-order valence-corrected chi connectivity index (χ0v) is 14.1. The molecule has 6 heteroatoms. The van der Waals surface area contributed by atoms with Crippen molar-refractivity contribution in [2.45, 2.75) is 20.8 Å². The van der Waals surface area contributed by atoms with Crippen LogP contribution in [0.3, 0.4) is 0 Å². The Bertz CT molecular complexity index is 851. The maximum Gasteiger partial charge on any atom is 0.341 e. The molecule has 0 bridgehead atoms. The summed E-state index contributed by atoms with van der Waals surface area (Å²) >= 11 is 1.49. The number of aromatic nitrogens is 3. The monoisotopic (exact) mass is 327 g/mol. The van der Waals surface area contributed by atoms with Crippen LogP contribution in [0.2, 0.25) is 0 Å². The fraction of sp³-hybridized carbons (Fsp3) is 0.235. The third-order valence-corrected chi connectivity index (χ3v) is 4.31. The molecule has 3 aromatic rings. The number of ether oxygens (including phenoxy) is 1. The van der Waals surface area contributed by atoms with Crippen molar-refractivity contribution in [1.82, 2.24) is 14.8 Å². The van der Waals surface area contributed by atoms with Gasteiger partial charge in [0, 0.05) is 10.9 Å². The summed E-state index contributed by atoms with van der Waals surface area (Å²) < 4.78 is 6.71. The molecule has 2 aromatic heterocycles. The highest BCUT2D eigenvalue weighted by atomic mass is 32.1. The Labute approximate surface area is 138 Å². The highest BCUT2D eigenvalue weighted by Crippen LogP contribution is 2.25. The number of hydrogen-bond donors (Lipinski definition) is 0. The molecule has 0 aliphatic rings. The van der Waals surface area contributed by atoms with Crippen molar-refractivity contribution in [1.29, 1.82) is 0 Å². The number of nitrogens with zero attached hydrogens (tertiary/aromatic N) is 3. The summed E-state index contributed by atoms with van der Waals surface area (Å²) in [5, 5.41) is 7.00. The zero-order valence-electron chi connectivity index (χ0n) is 13.2. The number of carbonyl (C=O) groups excluding carboxylic acids is 1. The van der Waals surface area contributed by atoms with Crippen molar-refractivity contribution in [3.63, 3.8) is 0 Å². The first-order chi connectivity index (χ1) is 11.1. The molecule has 1 aromatic carbocycles. The van der Waals surface area contributed by atoms with Crippen molar-refractivity contribution in [2.75, 3.05) is 6.61 Å². The van der Waals surface area contributed by atoms with E-state index in [-0.39, 0.29) is 5.97 Å². The molecular weight excluding hydrogens is 310 g/mol. The molecule has 2 heterocycles. The van der Waals surface area contributed by atoms with E-state index in [1.54, 1.807) is 11.6 Å². The first-order valence-electron chi connectivity index (χ1n) is 7.35. The van der Waals surface area contributed by atoms with Gasteiger partial charge in [-0.2, -0.15) is 5.10 Å². The van der Waals surface area contributed by atoms with Crippen LogP contribution in [0, 0.1) is 13.8 Å². The summed E-state index contributed by atoms with van der Waals surface area (Å²) in [7, 11) is 0. The molecular formula is C17H17N3O2S. The van der Waals surface area contributed by atoms with Gasteiger partial charge in [-0.3, -0.25) is 0 Å². The first kappa shape index (κ1) is 15.4. The van der Waals surface area contributed by atoms with E-state index in [4.69, 9.17) is 4.74 Å². The van der Waals surface area contributed by atoms with Gasteiger partial charge in [-0.15, -0.1) is 11.3 Å². The van der Waals surface area contributed by atoms with Crippen LogP contribution in [0.1, 0.15) is 28.5 Å². The van der Waals surface area contributed by atoms with Crippen LogP contribution in [0.4, 0.5) is 0 Å². The van der Waals surface area contributed by atoms with Gasteiger partial charge in [-0.1, -0.05) is 23.8 Å². The zero-order chi connectivity index (χ0) is 16.4. The summed E-state index contributed by atoms with van der Waals surface area (Å²) in [5.74, 6) is -0.355. The van der Waals surface area contributed by atoms with Crippen molar-refractivity contribution in [2.24, 2.45) is 0 Å². The van der Waals surface area contributed by atoms with E-state index in [1.807, 2.05) is 24.4 Å². The topological polar surface area (TPSA) is 57.0 Å². The summed E-state index contributed by atoms with van der Waals surface area (Å²) in [4.78, 5) is 16.5. The van der Waals surface area contributed by atoms with Gasteiger partial charge in [0.1, 0.15) is 5.56 Å². The number of thiazole rings is 1. The lowest BCUT2D eigenvalue weighted by Gasteiger charge is -2.02. The molecule has 0 spiro atoms. The minimum absolute atomic E-state index is 0.345. The molecule has 0 unspecified atom stereocenters. The fourth-order valence-corrected chi connectivity index (χ4v) is 3.15. The van der Waals surface area contributed by atoms with Gasteiger partial charge in [-0.25, -0.2) is 14.5 Å². The average molecular weight is 327 g/mol. The minimum Gasteiger partial charge on any atom is -0.462 e. The summed E-state index contributed by atoms with van der Waals surface area (Å²) in [6, 6.07) is 8.20. The summed E-state index contributed by atoms with van der Waals surface area (Å²) in [5.41, 5.74) is 4.37. The van der Waals surface area contributed by atoms with Gasteiger partial charge in [0.05, 0.1) is 24.2 Å². The van der Waals surface area contributed by atoms with Crippen LogP contribution in [0.25, 0.3) is 16.4 Å². The number of rotatable bonds is 4. The summed E-state index contributed by atoms with van der Waals surface area (Å²) in [6.45, 7) is 6.03. The number of hydrogen-bond acceptors (Lipinski definition) is 5. The third kappa shape index (κ3) is 3.03. The molecule has 0 fully saturated rings. The van der Waals surface area contributed by atoms with E-state index >= 15 is 0 Å². The van der Waals surface area contributed by atoms with Gasteiger partial charge in [0.25, 0.3) is 0 Å². The van der Waals surface area contributed by atoms with Crippen molar-refractivity contribution in [3.05, 3.63) is 52.7 Å². The highest BCUT2D eigenvalue weighted by Gasteiger charge is 2.17. The van der Waals surface area contributed by atoms with E-state index in [1.165, 1.54) is 23.1 Å². The molecule has 0 aliphatic heterocycles. The average Bonchev–Trinajstić information content (AvgIpc) is 3.14. The molecule has 23 heavy (non-hydrogen) atoms. The second kappa shape index (κ2) is 6.34. The highest BCUT2D eigenvalue weighted by molar-refractivity contribution is 7.12. The van der Waals surface area contributed by atoms with E-state index in [9.17, 15) is 4.79 Å². The van der Waals surface area contributed by atoms with Crippen LogP contribution in [0.15, 0.2) is 35.8 Å². The van der Waals surface area contributed by atoms with E-state index in [2.05, 4.69) is 29.1 Å². The van der Waals surface area contributed by atoms with Gasteiger partial charge in [0.15, 0.2) is 0 Å². The number of benzene rings is 1. The Kier molecular flexibility index (Phi) is 4.25. The molecule has 3 rings (SSSR count). The molecule has 0 N–H and O–H groups in total. The number of carbonyl (C=O) groups is 1. The predicted octanol–water partition coefficient (Wildman–Crippen LogP) is 3.79. The third-order valence-electron chi connectivity index (χ3n) is 3.49. The van der Waals surface area contributed by atoms with E-state index in [0.29, 0.717) is 12.2 Å². The van der Waals surface area contributed by atoms with Crippen molar-refractivity contribution < 1.29 is 9.53 Å². The Morgan fingerprint density at radius 1 is 1.35 bits per heavy atom. The van der Waals surface area contributed by atoms with Crippen LogP contribution in [-0.4, -0.2) is 27.3 Å². The van der Waals surface area contributed by atoms with Crippen LogP contribution >= 0.6 is 11.3 Å². The molecule has 0 radical (unpaired) electrons. The maximum atomic E-state index is 11.9. The Balaban J connectivity index is 1.93. The standard InChI is InChI=1S/C17H17N3O2S/c1-4-22-16(21)14-9-18-20(12(14)3)17-19-15(10-23-17)13-7-5-6-11(2)8-13/h5-10H,4H2,1-3H3. The lowest BCUT2D eigenvalue weighted by Crippen LogP contribution is -2.06. The van der Waals surface area contributed by atoms with Gasteiger partial charge in [-0.05, 0) is 26.8 Å². The smallest absolute Gasteiger partial charge is 0.341 e. The predicted molar refractivity (Wildman–Crippen MR) is 90.1 cm³/mol. The lowest BCUT2D eigenvalue weighted by atomic mass is 10.1. The normalized spacial score (nSPS) is 10.7. The first-order valence-corrected chi connectivity index (χ1v) is 8.22. The molecule has 0 aliphatic carbocycles. The lowest BCUT2D eigenvalue weighted by molar-refractivity contribution is 0.0525. The molecule has 0 amide bonds. The molecule has 0 atom stereocenters. The quantitative estimate of drug-likeness (QED) is 0.684. The minimum atomic E-state index is -0.355. The van der Waals surface area contributed by atoms with Crippen LogP contribution in [0.5, 0.6) is 0 Å². The molecule has 0 saturated heterocycles. The Morgan fingerprint density at radius 3 is 2.91 bits per heavy atom. The van der Waals surface area contributed by atoms with Gasteiger partial charge < -0.3 is 4.74 Å². The van der Waals surface area contributed by atoms with Gasteiger partial charge in [0.2, 0.25) is 5.13 Å². The molecule has 0 saturated carbocycles. The van der Waals surface area contributed by atoms with Crippen molar-refractivity contribution >= 4 is 17.3 Å². The largest absolute Gasteiger partial charge is 0.462 e. The summed E-state index contributed by atoms with van der Waals surface area (Å²) in [6.07, 6.45) is 1.53. The molecule has 5 nitrogen and oxygen atoms in total. The SMILES string of the molecule is CCOC(=O)c1cnn(-c2nc(-c3cccc(C)c3)cs2)c1C. The van der Waals surface area contributed by atoms with E-state index < -0.39 is 0 Å². The molecule has 118 valence electrons. The Morgan fingerprint density at radius 2 is 2.17 bits per heavy atom. The fourth-order valence-electron chi connectivity index (χ4n) is 2.31. The van der Waals surface area contributed by atoms with Crippen LogP contribution in [-0.2, 0) is 4.74 Å². The number of esters is 1. The van der Waals surface area contributed by atoms with Crippen molar-refractivity contribution in [3.8, 4) is 16.4 Å². The maximum absolute atomic E-state index is 11.9. The van der Waals surface area contributed by atoms with Gasteiger partial charge >= 0.3 is 5.97 Å². The van der Waals surface area contributed by atoms with Crippen LogP contribution < -0.4 is 0 Å². The second-order valence-electron chi connectivity index (χ2n) is 5.16. The Hall–Kier alpha value is -2.47. The van der Waals surface area contributed by atoms with E-state index in [0.717, 1.165) is 22.1 Å². The number of aryl methyl sites for hydroxylation is 1. The second-order valence-corrected chi connectivity index (χ2v) is 6.00.